The van der Waals surface area contributed by atoms with E-state index in [0.29, 0.717) is 23.5 Å². The van der Waals surface area contributed by atoms with Crippen molar-refractivity contribution in [3.63, 3.8) is 0 Å². The zero-order valence-electron chi connectivity index (χ0n) is 15.4. The smallest absolute Gasteiger partial charge is 0.262 e. The van der Waals surface area contributed by atoms with Gasteiger partial charge in [-0.15, -0.1) is 0 Å². The number of amides is 2. The summed E-state index contributed by atoms with van der Waals surface area (Å²) in [4.78, 5) is 27.2. The number of aryl methyl sites for hydroxylation is 2. The minimum Gasteiger partial charge on any atom is -0.477 e. The normalized spacial score (nSPS) is 15.8. The van der Waals surface area contributed by atoms with Crippen molar-refractivity contribution in [3.05, 3.63) is 59.2 Å². The molecule has 0 spiro atoms. The highest BCUT2D eigenvalue weighted by atomic mass is 16.5. The van der Waals surface area contributed by atoms with Crippen molar-refractivity contribution in [2.45, 2.75) is 33.3 Å². The van der Waals surface area contributed by atoms with Gasteiger partial charge in [0, 0.05) is 12.1 Å². The Balaban J connectivity index is 1.92. The van der Waals surface area contributed by atoms with Gasteiger partial charge in [-0.05, 0) is 55.7 Å². The average Bonchev–Trinajstić information content (AvgIpc) is 2.66. The third kappa shape index (κ3) is 3.57. The Labute approximate surface area is 154 Å². The molecule has 0 aromatic heterocycles. The summed E-state index contributed by atoms with van der Waals surface area (Å²) >= 11 is 0. The van der Waals surface area contributed by atoms with E-state index in [9.17, 15) is 9.59 Å². The van der Waals surface area contributed by atoms with Crippen molar-refractivity contribution in [3.8, 4) is 5.75 Å². The van der Waals surface area contributed by atoms with Gasteiger partial charge >= 0.3 is 0 Å². The van der Waals surface area contributed by atoms with Gasteiger partial charge in [0.25, 0.3) is 11.8 Å². The van der Waals surface area contributed by atoms with E-state index in [-0.39, 0.29) is 18.4 Å². The number of para-hydroxylation sites is 2. The van der Waals surface area contributed by atoms with Gasteiger partial charge in [-0.25, -0.2) is 0 Å². The van der Waals surface area contributed by atoms with Crippen LogP contribution in [0.2, 0.25) is 0 Å². The summed E-state index contributed by atoms with van der Waals surface area (Å²) in [5.74, 6) is 0.226. The lowest BCUT2D eigenvalue weighted by Crippen LogP contribution is -2.50. The maximum Gasteiger partial charge on any atom is 0.262 e. The molecule has 0 aliphatic carbocycles. The highest BCUT2D eigenvalue weighted by Gasteiger charge is 2.34. The molecule has 0 saturated heterocycles. The van der Waals surface area contributed by atoms with Crippen LogP contribution in [0.25, 0.3) is 0 Å². The number of rotatable bonds is 4. The Kier molecular flexibility index (Phi) is 5.26. The second-order valence-electron chi connectivity index (χ2n) is 6.58. The van der Waals surface area contributed by atoms with Crippen LogP contribution >= 0.6 is 0 Å². The molecular formula is C21H24N2O3. The fourth-order valence-electron chi connectivity index (χ4n) is 2.96. The molecule has 1 atom stereocenters. The predicted octanol–water partition coefficient (Wildman–Crippen LogP) is 3.24. The van der Waals surface area contributed by atoms with E-state index in [1.807, 2.05) is 57.2 Å². The van der Waals surface area contributed by atoms with E-state index in [0.717, 1.165) is 17.5 Å². The first-order valence-corrected chi connectivity index (χ1v) is 8.93. The van der Waals surface area contributed by atoms with Crippen LogP contribution in [-0.4, -0.2) is 31.0 Å². The molecule has 1 aliphatic heterocycles. The Morgan fingerprint density at radius 2 is 1.92 bits per heavy atom. The summed E-state index contributed by atoms with van der Waals surface area (Å²) in [5, 5.41) is 2.85. The van der Waals surface area contributed by atoms with Gasteiger partial charge in [-0.3, -0.25) is 9.59 Å². The van der Waals surface area contributed by atoms with Crippen molar-refractivity contribution in [1.29, 1.82) is 0 Å². The standard InChI is InChI=1S/C21H24N2O3/c1-4-11-22-20(24)19-13-23(17-7-5-6-8-18(17)26-19)21(25)16-10-9-14(2)15(3)12-16/h5-10,12,19H,4,11,13H2,1-3H3,(H,22,24)/t19-/m0/s1. The van der Waals surface area contributed by atoms with Crippen LogP contribution in [0.3, 0.4) is 0 Å². The van der Waals surface area contributed by atoms with Gasteiger partial charge in [-0.2, -0.15) is 0 Å². The van der Waals surface area contributed by atoms with E-state index >= 15 is 0 Å². The first kappa shape index (κ1) is 18.0. The van der Waals surface area contributed by atoms with Gasteiger partial charge in [0.1, 0.15) is 5.75 Å². The number of carbonyl (C=O) groups is 2. The molecule has 0 fully saturated rings. The zero-order valence-corrected chi connectivity index (χ0v) is 15.4. The predicted molar refractivity (Wildman–Crippen MR) is 102 cm³/mol. The summed E-state index contributed by atoms with van der Waals surface area (Å²) in [5.41, 5.74) is 3.50. The molecule has 0 bridgehead atoms. The lowest BCUT2D eigenvalue weighted by atomic mass is 10.0. The summed E-state index contributed by atoms with van der Waals surface area (Å²) in [6, 6.07) is 13.0. The molecule has 1 aliphatic rings. The molecule has 136 valence electrons. The monoisotopic (exact) mass is 352 g/mol. The lowest BCUT2D eigenvalue weighted by Gasteiger charge is -2.34. The number of ether oxygens (including phenoxy) is 1. The minimum atomic E-state index is -0.716. The first-order valence-electron chi connectivity index (χ1n) is 8.93. The van der Waals surface area contributed by atoms with Crippen molar-refractivity contribution >= 4 is 17.5 Å². The molecule has 26 heavy (non-hydrogen) atoms. The fourth-order valence-corrected chi connectivity index (χ4v) is 2.96. The Morgan fingerprint density at radius 1 is 1.15 bits per heavy atom. The van der Waals surface area contributed by atoms with E-state index < -0.39 is 6.10 Å². The highest BCUT2D eigenvalue weighted by molar-refractivity contribution is 6.08. The van der Waals surface area contributed by atoms with E-state index in [4.69, 9.17) is 4.74 Å². The topological polar surface area (TPSA) is 58.6 Å². The molecular weight excluding hydrogens is 328 g/mol. The molecule has 2 aromatic rings. The average molecular weight is 352 g/mol. The van der Waals surface area contributed by atoms with E-state index in [1.54, 1.807) is 11.0 Å². The van der Waals surface area contributed by atoms with Crippen molar-refractivity contribution in [1.82, 2.24) is 5.32 Å². The van der Waals surface area contributed by atoms with Crippen molar-refractivity contribution in [2.24, 2.45) is 0 Å². The third-order valence-corrected chi connectivity index (χ3v) is 4.61. The molecule has 2 aromatic carbocycles. The van der Waals surface area contributed by atoms with Gasteiger partial charge in [-0.1, -0.05) is 25.1 Å². The molecule has 5 nitrogen and oxygen atoms in total. The van der Waals surface area contributed by atoms with E-state index in [1.165, 1.54) is 0 Å². The number of carbonyl (C=O) groups excluding carboxylic acids is 2. The first-order chi connectivity index (χ1) is 12.5. The van der Waals surface area contributed by atoms with Crippen molar-refractivity contribution in [2.75, 3.05) is 18.0 Å². The number of nitrogens with one attached hydrogen (secondary N) is 1. The summed E-state index contributed by atoms with van der Waals surface area (Å²) in [7, 11) is 0. The van der Waals surface area contributed by atoms with Gasteiger partial charge in [0.05, 0.1) is 12.2 Å². The molecule has 0 radical (unpaired) electrons. The molecule has 3 rings (SSSR count). The molecule has 2 amide bonds. The number of hydrogen-bond donors (Lipinski definition) is 1. The molecule has 1 N–H and O–H groups in total. The molecule has 1 heterocycles. The molecule has 0 saturated carbocycles. The minimum absolute atomic E-state index is 0.128. The van der Waals surface area contributed by atoms with Gasteiger partial charge < -0.3 is 15.0 Å². The van der Waals surface area contributed by atoms with Gasteiger partial charge in [0.15, 0.2) is 6.10 Å². The maximum atomic E-state index is 13.1. The molecule has 5 heteroatoms. The summed E-state index contributed by atoms with van der Waals surface area (Å²) < 4.78 is 5.84. The Bertz CT molecular complexity index is 832. The quantitative estimate of drug-likeness (QED) is 0.919. The van der Waals surface area contributed by atoms with Crippen LogP contribution < -0.4 is 15.0 Å². The van der Waals surface area contributed by atoms with Crippen LogP contribution in [0.4, 0.5) is 5.69 Å². The number of nitrogens with zero attached hydrogens (tertiary/aromatic N) is 1. The maximum absolute atomic E-state index is 13.1. The second kappa shape index (κ2) is 7.60. The number of hydrogen-bond acceptors (Lipinski definition) is 3. The fraction of sp³-hybridized carbons (Fsp3) is 0.333. The highest BCUT2D eigenvalue weighted by Crippen LogP contribution is 2.34. The summed E-state index contributed by atoms with van der Waals surface area (Å²) in [6.45, 7) is 6.78. The molecule has 0 unspecified atom stereocenters. The Morgan fingerprint density at radius 3 is 2.65 bits per heavy atom. The lowest BCUT2D eigenvalue weighted by molar-refractivity contribution is -0.127. The second-order valence-corrected chi connectivity index (χ2v) is 6.58. The largest absolute Gasteiger partial charge is 0.477 e. The number of fused-ring (bicyclic) bond motifs is 1. The van der Waals surface area contributed by atoms with E-state index in [2.05, 4.69) is 5.32 Å². The SMILES string of the molecule is CCCNC(=O)[C@@H]1CN(C(=O)c2ccc(C)c(C)c2)c2ccccc2O1. The van der Waals surface area contributed by atoms with Gasteiger partial charge in [0.2, 0.25) is 0 Å². The van der Waals surface area contributed by atoms with Crippen LogP contribution in [0, 0.1) is 13.8 Å². The summed E-state index contributed by atoms with van der Waals surface area (Å²) in [6.07, 6.45) is 0.132. The third-order valence-electron chi connectivity index (χ3n) is 4.61. The number of anilines is 1. The van der Waals surface area contributed by atoms with Crippen LogP contribution in [-0.2, 0) is 4.79 Å². The van der Waals surface area contributed by atoms with Crippen LogP contribution in [0.15, 0.2) is 42.5 Å². The van der Waals surface area contributed by atoms with Crippen molar-refractivity contribution < 1.29 is 14.3 Å². The zero-order chi connectivity index (χ0) is 18.7. The Hall–Kier alpha value is -2.82. The number of benzene rings is 2. The van der Waals surface area contributed by atoms with Crippen LogP contribution in [0.1, 0.15) is 34.8 Å². The van der Waals surface area contributed by atoms with Crippen LogP contribution in [0.5, 0.6) is 5.75 Å².